The van der Waals surface area contributed by atoms with Gasteiger partial charge in [0.2, 0.25) is 0 Å². The summed E-state index contributed by atoms with van der Waals surface area (Å²) in [7, 11) is 0. The van der Waals surface area contributed by atoms with E-state index in [1.165, 1.54) is 62.2 Å². The van der Waals surface area contributed by atoms with Gasteiger partial charge >= 0.3 is 0 Å². The van der Waals surface area contributed by atoms with Crippen LogP contribution in [0.15, 0.2) is 0 Å². The maximum Gasteiger partial charge on any atom is 0.112 e. The smallest absolute Gasteiger partial charge is 0.112 e. The predicted molar refractivity (Wildman–Crippen MR) is 116 cm³/mol. The molecule has 0 bridgehead atoms. The Morgan fingerprint density at radius 3 is 1.77 bits per heavy atom. The van der Waals surface area contributed by atoms with Crippen molar-refractivity contribution in [1.29, 1.82) is 0 Å². The van der Waals surface area contributed by atoms with Gasteiger partial charge in [-0.3, -0.25) is 0 Å². The standard InChI is InChI=1S/C24H46N2/c1-10-14-16-18-23(7,8)20-19(22(5,6)17-15-11-2)25-21(26-20)24(9,12-3)13-4/h10-18H2,1-9H3,(H,25,26). The van der Waals surface area contributed by atoms with Gasteiger partial charge in [-0.25, -0.2) is 4.98 Å². The second-order valence-corrected chi connectivity index (χ2v) is 9.91. The minimum atomic E-state index is 0.130. The van der Waals surface area contributed by atoms with E-state index in [0.717, 1.165) is 12.8 Å². The molecular formula is C24H46N2. The molecule has 1 aromatic heterocycles. The molecule has 2 heteroatoms. The molecule has 1 N–H and O–H groups in total. The van der Waals surface area contributed by atoms with Crippen molar-refractivity contribution >= 4 is 0 Å². The topological polar surface area (TPSA) is 28.7 Å². The average molecular weight is 363 g/mol. The van der Waals surface area contributed by atoms with Gasteiger partial charge in [-0.05, 0) is 25.7 Å². The number of rotatable bonds is 12. The largest absolute Gasteiger partial charge is 0.345 e. The number of H-pyrrole nitrogens is 1. The van der Waals surface area contributed by atoms with Gasteiger partial charge in [0.05, 0.1) is 5.69 Å². The minimum absolute atomic E-state index is 0.130. The Balaban J connectivity index is 3.38. The van der Waals surface area contributed by atoms with Crippen LogP contribution in [-0.2, 0) is 16.2 Å². The number of hydrogen-bond donors (Lipinski definition) is 1. The predicted octanol–water partition coefficient (Wildman–Crippen LogP) is 7.81. The van der Waals surface area contributed by atoms with E-state index in [1.54, 1.807) is 0 Å². The molecule has 0 aliphatic rings. The molecule has 0 aliphatic heterocycles. The fourth-order valence-corrected chi connectivity index (χ4v) is 3.90. The third-order valence-corrected chi connectivity index (χ3v) is 6.71. The van der Waals surface area contributed by atoms with Crippen LogP contribution in [0.4, 0.5) is 0 Å². The van der Waals surface area contributed by atoms with Crippen molar-refractivity contribution in [3.8, 4) is 0 Å². The zero-order valence-corrected chi connectivity index (χ0v) is 19.3. The van der Waals surface area contributed by atoms with Gasteiger partial charge in [0.1, 0.15) is 5.82 Å². The lowest BCUT2D eigenvalue weighted by Gasteiger charge is -2.30. The average Bonchev–Trinajstić information content (AvgIpc) is 3.07. The summed E-state index contributed by atoms with van der Waals surface area (Å²) in [6.07, 6.45) is 11.1. The third kappa shape index (κ3) is 5.36. The summed E-state index contributed by atoms with van der Waals surface area (Å²) in [5, 5.41) is 0. The highest BCUT2D eigenvalue weighted by atomic mass is 15.0. The maximum atomic E-state index is 5.29. The van der Waals surface area contributed by atoms with Crippen molar-refractivity contribution in [2.24, 2.45) is 0 Å². The van der Waals surface area contributed by atoms with E-state index < -0.39 is 0 Å². The molecule has 152 valence electrons. The van der Waals surface area contributed by atoms with Crippen LogP contribution in [0.25, 0.3) is 0 Å². The molecule has 0 aromatic carbocycles. The first-order valence-electron chi connectivity index (χ1n) is 11.2. The number of aromatic amines is 1. The molecule has 2 nitrogen and oxygen atoms in total. The first kappa shape index (κ1) is 23.2. The number of imidazole rings is 1. The van der Waals surface area contributed by atoms with Crippen molar-refractivity contribution in [3.05, 3.63) is 17.2 Å². The molecule has 1 heterocycles. The van der Waals surface area contributed by atoms with Crippen LogP contribution < -0.4 is 0 Å². The van der Waals surface area contributed by atoms with Crippen LogP contribution in [0.2, 0.25) is 0 Å². The highest BCUT2D eigenvalue weighted by Crippen LogP contribution is 2.40. The molecule has 0 amide bonds. The number of nitrogens with zero attached hydrogens (tertiary/aromatic N) is 1. The molecule has 1 aromatic rings. The van der Waals surface area contributed by atoms with Gasteiger partial charge in [0.25, 0.3) is 0 Å². The lowest BCUT2D eigenvalue weighted by atomic mass is 9.75. The fourth-order valence-electron chi connectivity index (χ4n) is 3.90. The Labute approximate surface area is 164 Å². The van der Waals surface area contributed by atoms with Crippen LogP contribution >= 0.6 is 0 Å². The van der Waals surface area contributed by atoms with E-state index in [0.29, 0.717) is 0 Å². The summed E-state index contributed by atoms with van der Waals surface area (Å²) >= 11 is 0. The Kier molecular flexibility index (Phi) is 8.42. The summed E-state index contributed by atoms with van der Waals surface area (Å²) in [6.45, 7) is 21.1. The van der Waals surface area contributed by atoms with Gasteiger partial charge in [0.15, 0.2) is 0 Å². The van der Waals surface area contributed by atoms with Crippen LogP contribution in [0.5, 0.6) is 0 Å². The Morgan fingerprint density at radius 1 is 0.731 bits per heavy atom. The van der Waals surface area contributed by atoms with Crippen molar-refractivity contribution in [3.63, 3.8) is 0 Å². The minimum Gasteiger partial charge on any atom is -0.345 e. The lowest BCUT2D eigenvalue weighted by Crippen LogP contribution is -2.26. The van der Waals surface area contributed by atoms with Crippen molar-refractivity contribution in [2.45, 2.75) is 136 Å². The molecule has 0 aliphatic carbocycles. The number of hydrogen-bond acceptors (Lipinski definition) is 1. The second kappa shape index (κ2) is 9.42. The van der Waals surface area contributed by atoms with E-state index in [9.17, 15) is 0 Å². The summed E-state index contributed by atoms with van der Waals surface area (Å²) in [6, 6.07) is 0. The summed E-state index contributed by atoms with van der Waals surface area (Å²) < 4.78 is 0. The number of aromatic nitrogens is 2. The van der Waals surface area contributed by atoms with E-state index in [1.807, 2.05) is 0 Å². The Hall–Kier alpha value is -0.790. The summed E-state index contributed by atoms with van der Waals surface area (Å²) in [4.78, 5) is 9.15. The summed E-state index contributed by atoms with van der Waals surface area (Å²) in [5.41, 5.74) is 3.16. The van der Waals surface area contributed by atoms with Crippen LogP contribution in [0.3, 0.4) is 0 Å². The highest BCUT2D eigenvalue weighted by molar-refractivity contribution is 5.31. The quantitative estimate of drug-likeness (QED) is 0.377. The molecule has 0 unspecified atom stereocenters. The van der Waals surface area contributed by atoms with Gasteiger partial charge in [-0.15, -0.1) is 0 Å². The molecule has 0 saturated heterocycles. The van der Waals surface area contributed by atoms with E-state index in [-0.39, 0.29) is 16.2 Å². The molecule has 26 heavy (non-hydrogen) atoms. The Bertz CT molecular complexity index is 532. The van der Waals surface area contributed by atoms with Crippen LogP contribution in [-0.4, -0.2) is 9.97 Å². The molecule has 0 saturated carbocycles. The Morgan fingerprint density at radius 2 is 1.27 bits per heavy atom. The number of unbranched alkanes of at least 4 members (excludes halogenated alkanes) is 3. The second-order valence-electron chi connectivity index (χ2n) is 9.91. The van der Waals surface area contributed by atoms with E-state index in [2.05, 4.69) is 67.3 Å². The SMILES string of the molecule is CCCCCC(C)(C)c1nc(C(C)(CC)CC)[nH]c1C(C)(C)CCCC. The first-order chi connectivity index (χ1) is 12.1. The maximum absolute atomic E-state index is 5.29. The van der Waals surface area contributed by atoms with Crippen LogP contribution in [0, 0.1) is 0 Å². The van der Waals surface area contributed by atoms with E-state index >= 15 is 0 Å². The molecule has 0 fully saturated rings. The van der Waals surface area contributed by atoms with Crippen LogP contribution in [0.1, 0.15) is 137 Å². The summed E-state index contributed by atoms with van der Waals surface area (Å²) in [5.74, 6) is 1.21. The zero-order chi connectivity index (χ0) is 20.0. The van der Waals surface area contributed by atoms with Gasteiger partial charge in [-0.1, -0.05) is 94.4 Å². The van der Waals surface area contributed by atoms with E-state index in [4.69, 9.17) is 4.98 Å². The third-order valence-electron chi connectivity index (χ3n) is 6.71. The zero-order valence-electron chi connectivity index (χ0n) is 19.3. The first-order valence-corrected chi connectivity index (χ1v) is 11.2. The van der Waals surface area contributed by atoms with Crippen molar-refractivity contribution in [1.82, 2.24) is 9.97 Å². The fraction of sp³-hybridized carbons (Fsp3) is 0.875. The lowest BCUT2D eigenvalue weighted by molar-refractivity contribution is 0.401. The van der Waals surface area contributed by atoms with Gasteiger partial charge in [-0.2, -0.15) is 0 Å². The molecule has 0 atom stereocenters. The molecule has 0 spiro atoms. The molecular weight excluding hydrogens is 316 g/mol. The normalized spacial score (nSPS) is 13.4. The van der Waals surface area contributed by atoms with Gasteiger partial charge in [0, 0.05) is 21.9 Å². The molecule has 0 radical (unpaired) electrons. The highest BCUT2D eigenvalue weighted by Gasteiger charge is 2.37. The van der Waals surface area contributed by atoms with Crippen molar-refractivity contribution < 1.29 is 0 Å². The van der Waals surface area contributed by atoms with Crippen molar-refractivity contribution in [2.75, 3.05) is 0 Å². The van der Waals surface area contributed by atoms with Gasteiger partial charge < -0.3 is 4.98 Å². The monoisotopic (exact) mass is 362 g/mol. The molecule has 1 rings (SSSR count). The number of nitrogens with one attached hydrogen (secondary N) is 1.